The van der Waals surface area contributed by atoms with E-state index in [4.69, 9.17) is 0 Å². The molecule has 0 saturated carbocycles. The number of halogens is 1. The third kappa shape index (κ3) is 1.38. The number of benzene rings is 1. The van der Waals surface area contributed by atoms with Crippen LogP contribution in [0.25, 0.3) is 10.9 Å². The number of hydrogen-bond donors (Lipinski definition) is 0. The van der Waals surface area contributed by atoms with Gasteiger partial charge in [0.15, 0.2) is 0 Å². The lowest BCUT2D eigenvalue weighted by Gasteiger charge is -1.99. The van der Waals surface area contributed by atoms with Crippen LogP contribution in [0.5, 0.6) is 0 Å². The van der Waals surface area contributed by atoms with Crippen LogP contribution in [0.2, 0.25) is 0 Å². The van der Waals surface area contributed by atoms with Crippen molar-refractivity contribution in [1.29, 1.82) is 0 Å². The summed E-state index contributed by atoms with van der Waals surface area (Å²) in [4.78, 5) is 0. The summed E-state index contributed by atoms with van der Waals surface area (Å²) < 4.78 is 2.27. The number of para-hydroxylation sites is 1. The van der Waals surface area contributed by atoms with Crippen molar-refractivity contribution in [3.63, 3.8) is 0 Å². The molecule has 0 aliphatic carbocycles. The molecule has 0 unspecified atom stereocenters. The van der Waals surface area contributed by atoms with Gasteiger partial charge >= 0.3 is 0 Å². The molecule has 2 aromatic rings. The van der Waals surface area contributed by atoms with Crippen molar-refractivity contribution in [1.82, 2.24) is 4.57 Å². The average molecular weight is 252 g/mol. The molecule has 14 heavy (non-hydrogen) atoms. The lowest BCUT2D eigenvalue weighted by molar-refractivity contribution is 0.901. The fourth-order valence-electron chi connectivity index (χ4n) is 2.01. The van der Waals surface area contributed by atoms with Crippen LogP contribution in [-0.4, -0.2) is 9.90 Å². The third-order valence-electron chi connectivity index (χ3n) is 2.87. The second kappa shape index (κ2) is 3.77. The van der Waals surface area contributed by atoms with E-state index in [2.05, 4.69) is 58.7 Å². The Morgan fingerprint density at radius 1 is 1.29 bits per heavy atom. The highest BCUT2D eigenvalue weighted by atomic mass is 79.9. The number of nitrogens with zero attached hydrogens (tertiary/aromatic N) is 1. The molecule has 0 fully saturated rings. The van der Waals surface area contributed by atoms with Crippen LogP contribution in [0, 0.1) is 6.92 Å². The van der Waals surface area contributed by atoms with Crippen molar-refractivity contribution in [2.24, 2.45) is 7.05 Å². The highest BCUT2D eigenvalue weighted by molar-refractivity contribution is 9.09. The van der Waals surface area contributed by atoms with Crippen molar-refractivity contribution in [2.75, 3.05) is 5.33 Å². The average Bonchev–Trinajstić information content (AvgIpc) is 2.45. The first-order chi connectivity index (χ1) is 6.75. The summed E-state index contributed by atoms with van der Waals surface area (Å²) >= 11 is 3.51. The first kappa shape index (κ1) is 9.78. The molecule has 0 aliphatic rings. The van der Waals surface area contributed by atoms with Gasteiger partial charge in [0, 0.05) is 29.0 Å². The Hall–Kier alpha value is -0.760. The molecule has 74 valence electrons. The number of hydrogen-bond acceptors (Lipinski definition) is 0. The van der Waals surface area contributed by atoms with E-state index >= 15 is 0 Å². The van der Waals surface area contributed by atoms with Gasteiger partial charge in [0.1, 0.15) is 0 Å². The summed E-state index contributed by atoms with van der Waals surface area (Å²) in [5, 5.41) is 2.42. The van der Waals surface area contributed by atoms with Crippen LogP contribution in [0.3, 0.4) is 0 Å². The maximum absolute atomic E-state index is 3.51. The topological polar surface area (TPSA) is 4.93 Å². The van der Waals surface area contributed by atoms with E-state index < -0.39 is 0 Å². The summed E-state index contributed by atoms with van der Waals surface area (Å²) in [6.07, 6.45) is 1.10. The van der Waals surface area contributed by atoms with Crippen LogP contribution in [0.1, 0.15) is 11.3 Å². The van der Waals surface area contributed by atoms with Crippen molar-refractivity contribution >= 4 is 26.8 Å². The largest absolute Gasteiger partial charge is 0.348 e. The molecule has 0 saturated heterocycles. The molecule has 0 spiro atoms. The summed E-state index contributed by atoms with van der Waals surface area (Å²) in [6.45, 7) is 2.19. The number of fused-ring (bicyclic) bond motifs is 1. The minimum absolute atomic E-state index is 1.03. The van der Waals surface area contributed by atoms with E-state index in [0.29, 0.717) is 0 Å². The molecule has 1 nitrogen and oxygen atoms in total. The fourth-order valence-corrected chi connectivity index (χ4v) is 2.41. The molecule has 0 bridgehead atoms. The van der Waals surface area contributed by atoms with Gasteiger partial charge in [0.2, 0.25) is 0 Å². The van der Waals surface area contributed by atoms with E-state index in [1.807, 2.05) is 0 Å². The van der Waals surface area contributed by atoms with Crippen molar-refractivity contribution in [3.8, 4) is 0 Å². The standard InChI is InChI=1S/C12H14BrN/c1-9-10(7-8-13)11-5-3-4-6-12(11)14(9)2/h3-6H,7-8H2,1-2H3. The van der Waals surface area contributed by atoms with E-state index in [-0.39, 0.29) is 0 Å². The van der Waals surface area contributed by atoms with Crippen LogP contribution < -0.4 is 0 Å². The van der Waals surface area contributed by atoms with Crippen molar-refractivity contribution < 1.29 is 0 Å². The second-order valence-corrected chi connectivity index (χ2v) is 4.37. The molecule has 0 aliphatic heterocycles. The molecule has 0 radical (unpaired) electrons. The normalized spacial score (nSPS) is 11.1. The Morgan fingerprint density at radius 3 is 2.71 bits per heavy atom. The monoisotopic (exact) mass is 251 g/mol. The maximum atomic E-state index is 3.51. The molecule has 1 aromatic heterocycles. The Kier molecular flexibility index (Phi) is 2.64. The van der Waals surface area contributed by atoms with Gasteiger partial charge < -0.3 is 4.57 Å². The molecular formula is C12H14BrN. The van der Waals surface area contributed by atoms with E-state index in [9.17, 15) is 0 Å². The molecule has 2 heteroatoms. The maximum Gasteiger partial charge on any atom is 0.0482 e. The minimum Gasteiger partial charge on any atom is -0.348 e. The molecule has 1 aromatic carbocycles. The Labute approximate surface area is 92.9 Å². The Morgan fingerprint density at radius 2 is 2.00 bits per heavy atom. The van der Waals surface area contributed by atoms with E-state index in [0.717, 1.165) is 11.8 Å². The van der Waals surface area contributed by atoms with Gasteiger partial charge in [-0.3, -0.25) is 0 Å². The number of aryl methyl sites for hydroxylation is 2. The first-order valence-electron chi connectivity index (χ1n) is 4.84. The number of alkyl halides is 1. The molecule has 1 heterocycles. The lowest BCUT2D eigenvalue weighted by Crippen LogP contribution is -1.93. The van der Waals surface area contributed by atoms with E-state index in [1.165, 1.54) is 22.2 Å². The molecular weight excluding hydrogens is 238 g/mol. The van der Waals surface area contributed by atoms with Gasteiger partial charge in [0.05, 0.1) is 0 Å². The highest BCUT2D eigenvalue weighted by Crippen LogP contribution is 2.25. The smallest absolute Gasteiger partial charge is 0.0482 e. The predicted molar refractivity (Wildman–Crippen MR) is 65.2 cm³/mol. The second-order valence-electron chi connectivity index (χ2n) is 3.58. The molecule has 0 N–H and O–H groups in total. The summed E-state index contributed by atoms with van der Waals surface area (Å²) in [7, 11) is 2.13. The summed E-state index contributed by atoms with van der Waals surface area (Å²) in [6, 6.07) is 8.60. The molecule has 0 atom stereocenters. The Balaban J connectivity index is 2.74. The van der Waals surface area contributed by atoms with Crippen LogP contribution in [0.4, 0.5) is 0 Å². The molecule has 0 amide bonds. The Bertz CT molecular complexity index is 457. The number of rotatable bonds is 2. The van der Waals surface area contributed by atoms with Gasteiger partial charge in [-0.05, 0) is 25.0 Å². The molecule has 2 rings (SSSR count). The predicted octanol–water partition coefficient (Wildman–Crippen LogP) is 3.42. The zero-order valence-corrected chi connectivity index (χ0v) is 10.1. The third-order valence-corrected chi connectivity index (χ3v) is 3.27. The summed E-state index contributed by atoms with van der Waals surface area (Å²) in [5.41, 5.74) is 4.19. The van der Waals surface area contributed by atoms with Gasteiger partial charge in [-0.25, -0.2) is 0 Å². The van der Waals surface area contributed by atoms with Gasteiger partial charge in [-0.1, -0.05) is 34.1 Å². The lowest BCUT2D eigenvalue weighted by atomic mass is 10.1. The van der Waals surface area contributed by atoms with Crippen molar-refractivity contribution in [3.05, 3.63) is 35.5 Å². The van der Waals surface area contributed by atoms with Crippen LogP contribution in [-0.2, 0) is 13.5 Å². The number of aromatic nitrogens is 1. The van der Waals surface area contributed by atoms with Crippen molar-refractivity contribution in [2.45, 2.75) is 13.3 Å². The zero-order chi connectivity index (χ0) is 10.1. The van der Waals surface area contributed by atoms with Crippen LogP contribution >= 0.6 is 15.9 Å². The summed E-state index contributed by atoms with van der Waals surface area (Å²) in [5.74, 6) is 0. The highest BCUT2D eigenvalue weighted by Gasteiger charge is 2.09. The van der Waals surface area contributed by atoms with Crippen LogP contribution in [0.15, 0.2) is 24.3 Å². The minimum atomic E-state index is 1.03. The quantitative estimate of drug-likeness (QED) is 0.722. The van der Waals surface area contributed by atoms with Gasteiger partial charge in [0.25, 0.3) is 0 Å². The zero-order valence-electron chi connectivity index (χ0n) is 8.55. The first-order valence-corrected chi connectivity index (χ1v) is 5.96. The van der Waals surface area contributed by atoms with Gasteiger partial charge in [-0.15, -0.1) is 0 Å². The van der Waals surface area contributed by atoms with E-state index in [1.54, 1.807) is 0 Å². The fraction of sp³-hybridized carbons (Fsp3) is 0.333. The van der Waals surface area contributed by atoms with Gasteiger partial charge in [-0.2, -0.15) is 0 Å². The SMILES string of the molecule is Cc1c(CCBr)c2ccccc2n1C.